The highest BCUT2D eigenvalue weighted by Crippen LogP contribution is 2.32. The molecule has 120 valence electrons. The molecule has 1 fully saturated rings. The number of hydrogen-bond donors (Lipinski definition) is 1. The minimum atomic E-state index is -0.482. The van der Waals surface area contributed by atoms with Gasteiger partial charge >= 0.3 is 0 Å². The summed E-state index contributed by atoms with van der Waals surface area (Å²) in [6.45, 7) is 4.44. The van der Waals surface area contributed by atoms with E-state index in [1.165, 1.54) is 4.88 Å². The lowest BCUT2D eigenvalue weighted by atomic mass is 10.1. The van der Waals surface area contributed by atoms with Crippen molar-refractivity contribution in [3.63, 3.8) is 0 Å². The van der Waals surface area contributed by atoms with Gasteiger partial charge in [0.25, 0.3) is 0 Å². The molecule has 0 aliphatic carbocycles. The van der Waals surface area contributed by atoms with E-state index in [2.05, 4.69) is 10.1 Å². The summed E-state index contributed by atoms with van der Waals surface area (Å²) >= 11 is 1.67. The van der Waals surface area contributed by atoms with Crippen LogP contribution in [0.15, 0.2) is 28.1 Å². The molecule has 0 amide bonds. The number of aryl methyl sites for hydroxylation is 1. The normalized spacial score (nSPS) is 20.5. The quantitative estimate of drug-likeness (QED) is 0.849. The molecule has 6 heteroatoms. The van der Waals surface area contributed by atoms with Crippen molar-refractivity contribution < 1.29 is 14.4 Å². The second-order valence-electron chi connectivity index (χ2n) is 5.77. The molecule has 0 aromatic carbocycles. The number of aliphatic hydroxyl groups is 1. The largest absolute Gasteiger partial charge is 0.389 e. The Hall–Kier alpha value is -1.21. The van der Waals surface area contributed by atoms with E-state index < -0.39 is 6.10 Å². The highest BCUT2D eigenvalue weighted by atomic mass is 32.1. The lowest BCUT2D eigenvalue weighted by Gasteiger charge is -2.24. The minimum Gasteiger partial charge on any atom is -0.389 e. The summed E-state index contributed by atoms with van der Waals surface area (Å²) in [6.07, 6.45) is 1.69. The fourth-order valence-electron chi connectivity index (χ4n) is 2.92. The van der Waals surface area contributed by atoms with Gasteiger partial charge in [-0.3, -0.25) is 4.90 Å². The third-order valence-electron chi connectivity index (χ3n) is 3.92. The molecule has 2 atom stereocenters. The molecular formula is C16H22N2O3S. The van der Waals surface area contributed by atoms with Gasteiger partial charge in [-0.15, -0.1) is 11.3 Å². The van der Waals surface area contributed by atoms with E-state index in [0.717, 1.165) is 30.8 Å². The number of likely N-dealkylation sites (tertiary alicyclic amines) is 1. The van der Waals surface area contributed by atoms with E-state index in [-0.39, 0.29) is 6.04 Å². The molecule has 1 saturated heterocycles. The van der Waals surface area contributed by atoms with Gasteiger partial charge in [0.1, 0.15) is 0 Å². The van der Waals surface area contributed by atoms with Crippen LogP contribution in [0.5, 0.6) is 0 Å². The van der Waals surface area contributed by atoms with Gasteiger partial charge < -0.3 is 14.4 Å². The monoisotopic (exact) mass is 322 g/mol. The lowest BCUT2D eigenvalue weighted by Crippen LogP contribution is -2.34. The van der Waals surface area contributed by atoms with Crippen molar-refractivity contribution in [2.75, 3.05) is 19.7 Å². The van der Waals surface area contributed by atoms with Crippen LogP contribution in [0.4, 0.5) is 0 Å². The third-order valence-corrected chi connectivity index (χ3v) is 4.77. The van der Waals surface area contributed by atoms with Gasteiger partial charge in [-0.2, -0.15) is 0 Å². The van der Waals surface area contributed by atoms with E-state index in [1.807, 2.05) is 30.5 Å². The number of ether oxygens (including phenoxy) is 1. The Morgan fingerprint density at radius 1 is 1.59 bits per heavy atom. The first-order valence-electron chi connectivity index (χ1n) is 7.68. The van der Waals surface area contributed by atoms with Gasteiger partial charge in [0.05, 0.1) is 31.1 Å². The van der Waals surface area contributed by atoms with Crippen LogP contribution in [-0.4, -0.2) is 41.0 Å². The van der Waals surface area contributed by atoms with Crippen LogP contribution < -0.4 is 0 Å². The van der Waals surface area contributed by atoms with E-state index in [9.17, 15) is 5.11 Å². The average molecular weight is 322 g/mol. The van der Waals surface area contributed by atoms with Gasteiger partial charge in [0.2, 0.25) is 0 Å². The van der Waals surface area contributed by atoms with Crippen LogP contribution in [0.2, 0.25) is 0 Å². The van der Waals surface area contributed by atoms with Gasteiger partial charge in [-0.1, -0.05) is 11.2 Å². The molecule has 0 bridgehead atoms. The topological polar surface area (TPSA) is 58.7 Å². The molecule has 5 nitrogen and oxygen atoms in total. The molecular weight excluding hydrogens is 300 g/mol. The van der Waals surface area contributed by atoms with E-state index >= 15 is 0 Å². The van der Waals surface area contributed by atoms with Crippen LogP contribution in [-0.2, 0) is 11.3 Å². The molecule has 2 aromatic heterocycles. The van der Waals surface area contributed by atoms with Crippen molar-refractivity contribution in [2.45, 2.75) is 38.5 Å². The minimum absolute atomic E-state index is 0.230. The molecule has 3 rings (SSSR count). The molecule has 0 unspecified atom stereocenters. The Kier molecular flexibility index (Phi) is 5.25. The number of rotatable bonds is 7. The van der Waals surface area contributed by atoms with E-state index in [1.54, 1.807) is 11.3 Å². The number of aliphatic hydroxyl groups excluding tert-OH is 1. The molecule has 1 N–H and O–H groups in total. The number of thiophene rings is 1. The summed E-state index contributed by atoms with van der Waals surface area (Å²) in [6, 6.07) is 6.27. The maximum Gasteiger partial charge on any atom is 0.154 e. The van der Waals surface area contributed by atoms with Crippen molar-refractivity contribution in [2.24, 2.45) is 0 Å². The third kappa shape index (κ3) is 3.95. The van der Waals surface area contributed by atoms with Crippen molar-refractivity contribution in [3.8, 4) is 0 Å². The van der Waals surface area contributed by atoms with Gasteiger partial charge in [-0.25, -0.2) is 0 Å². The second-order valence-corrected chi connectivity index (χ2v) is 6.80. The smallest absolute Gasteiger partial charge is 0.154 e. The molecule has 0 spiro atoms. The maximum absolute atomic E-state index is 10.2. The summed E-state index contributed by atoms with van der Waals surface area (Å²) in [5, 5.41) is 16.2. The Morgan fingerprint density at radius 2 is 2.50 bits per heavy atom. The summed E-state index contributed by atoms with van der Waals surface area (Å²) in [7, 11) is 0. The summed E-state index contributed by atoms with van der Waals surface area (Å²) in [5.41, 5.74) is 0.904. The van der Waals surface area contributed by atoms with E-state index in [0.29, 0.717) is 19.8 Å². The first-order chi connectivity index (χ1) is 10.7. The molecule has 22 heavy (non-hydrogen) atoms. The predicted molar refractivity (Wildman–Crippen MR) is 84.8 cm³/mol. The molecule has 1 aliphatic heterocycles. The van der Waals surface area contributed by atoms with Gasteiger partial charge in [0.15, 0.2) is 5.76 Å². The first kappa shape index (κ1) is 15.7. The zero-order chi connectivity index (χ0) is 15.4. The van der Waals surface area contributed by atoms with Crippen molar-refractivity contribution in [3.05, 3.63) is 39.9 Å². The first-order valence-corrected chi connectivity index (χ1v) is 8.56. The lowest BCUT2D eigenvalue weighted by molar-refractivity contribution is 0.00687. The molecule has 3 heterocycles. The fraction of sp³-hybridized carbons (Fsp3) is 0.562. The zero-order valence-electron chi connectivity index (χ0n) is 12.8. The molecule has 0 saturated carbocycles. The maximum atomic E-state index is 10.2. The summed E-state index contributed by atoms with van der Waals surface area (Å²) in [4.78, 5) is 3.45. The Morgan fingerprint density at radius 3 is 3.23 bits per heavy atom. The molecule has 0 radical (unpaired) electrons. The van der Waals surface area contributed by atoms with Gasteiger partial charge in [0, 0.05) is 17.5 Å². The highest BCUT2D eigenvalue weighted by Gasteiger charge is 2.30. The van der Waals surface area contributed by atoms with Crippen molar-refractivity contribution in [1.29, 1.82) is 0 Å². The van der Waals surface area contributed by atoms with Gasteiger partial charge in [-0.05, 0) is 37.8 Å². The SMILES string of the molecule is Cc1cc([C@@H]2CCCN2C[C@@H](O)COCc2cccs2)on1. The molecule has 2 aromatic rings. The average Bonchev–Trinajstić information content (AvgIpc) is 3.20. The zero-order valence-corrected chi connectivity index (χ0v) is 13.6. The Labute approximate surface area is 134 Å². The summed E-state index contributed by atoms with van der Waals surface area (Å²) in [5.74, 6) is 0.904. The standard InChI is InChI=1S/C16H22N2O3S/c1-12-8-16(21-17-12)15-5-2-6-18(15)9-13(19)10-20-11-14-4-3-7-22-14/h3-4,7-8,13,15,19H,2,5-6,9-11H2,1H3/t13-,15+/m1/s1. The van der Waals surface area contributed by atoms with Crippen LogP contribution in [0, 0.1) is 6.92 Å². The number of nitrogens with zero attached hydrogens (tertiary/aromatic N) is 2. The van der Waals surface area contributed by atoms with Crippen LogP contribution >= 0.6 is 11.3 Å². The Bertz CT molecular complexity index is 570. The predicted octanol–water partition coefficient (Wildman–Crippen LogP) is 2.76. The van der Waals surface area contributed by atoms with Crippen molar-refractivity contribution >= 4 is 11.3 Å². The number of β-amino-alcohol motifs (C(OH)–C–C–N with tert-alkyl or cyclic N) is 1. The number of aromatic nitrogens is 1. The van der Waals surface area contributed by atoms with Crippen LogP contribution in [0.3, 0.4) is 0 Å². The fourth-order valence-corrected chi connectivity index (χ4v) is 3.56. The van der Waals surface area contributed by atoms with Crippen LogP contribution in [0.1, 0.15) is 35.2 Å². The summed E-state index contributed by atoms with van der Waals surface area (Å²) < 4.78 is 11.0. The second kappa shape index (κ2) is 7.37. The van der Waals surface area contributed by atoms with Crippen LogP contribution in [0.25, 0.3) is 0 Å². The van der Waals surface area contributed by atoms with Crippen molar-refractivity contribution in [1.82, 2.24) is 10.1 Å². The molecule has 1 aliphatic rings. The Balaban J connectivity index is 1.46. The van der Waals surface area contributed by atoms with E-state index in [4.69, 9.17) is 9.26 Å². The highest BCUT2D eigenvalue weighted by molar-refractivity contribution is 7.09. The number of hydrogen-bond acceptors (Lipinski definition) is 6.